The highest BCUT2D eigenvalue weighted by atomic mass is 16.5. The molecule has 1 aliphatic rings. The van der Waals surface area contributed by atoms with Gasteiger partial charge in [0.2, 0.25) is 0 Å². The molecular formula is C10H16N2O2. The Kier molecular flexibility index (Phi) is 2.84. The van der Waals surface area contributed by atoms with Gasteiger partial charge in [0.05, 0.1) is 12.3 Å². The molecular weight excluding hydrogens is 180 g/mol. The number of ether oxygens (including phenoxy) is 1. The highest BCUT2D eigenvalue weighted by Gasteiger charge is 2.29. The average Bonchev–Trinajstić information content (AvgIpc) is 2.85. The number of hydrogen-bond acceptors (Lipinski definition) is 3. The molecule has 0 saturated carbocycles. The minimum atomic E-state index is 0.0419. The zero-order chi connectivity index (χ0) is 9.97. The summed E-state index contributed by atoms with van der Waals surface area (Å²) in [5, 5.41) is 13.4. The van der Waals surface area contributed by atoms with E-state index in [-0.39, 0.29) is 18.6 Å². The van der Waals surface area contributed by atoms with Gasteiger partial charge in [-0.3, -0.25) is 4.68 Å². The SMILES string of the molecule is CCn1cc(C2OCCC2CO)cn1. The topological polar surface area (TPSA) is 47.3 Å². The van der Waals surface area contributed by atoms with E-state index in [1.54, 1.807) is 0 Å². The number of aromatic nitrogens is 2. The van der Waals surface area contributed by atoms with Crippen LogP contribution in [0.1, 0.15) is 25.0 Å². The first-order valence-corrected chi connectivity index (χ1v) is 5.10. The molecule has 14 heavy (non-hydrogen) atoms. The van der Waals surface area contributed by atoms with Crippen LogP contribution in [-0.2, 0) is 11.3 Å². The Balaban J connectivity index is 2.13. The van der Waals surface area contributed by atoms with Gasteiger partial charge in [0.1, 0.15) is 0 Å². The van der Waals surface area contributed by atoms with Gasteiger partial charge in [-0.05, 0) is 13.3 Å². The minimum absolute atomic E-state index is 0.0419. The molecule has 0 spiro atoms. The van der Waals surface area contributed by atoms with Gasteiger partial charge < -0.3 is 9.84 Å². The van der Waals surface area contributed by atoms with Crippen LogP contribution in [0.15, 0.2) is 12.4 Å². The third-order valence-electron chi connectivity index (χ3n) is 2.75. The van der Waals surface area contributed by atoms with E-state index in [0.717, 1.165) is 25.1 Å². The Hall–Kier alpha value is -0.870. The number of aryl methyl sites for hydroxylation is 1. The van der Waals surface area contributed by atoms with Crippen molar-refractivity contribution in [3.63, 3.8) is 0 Å². The van der Waals surface area contributed by atoms with E-state index >= 15 is 0 Å². The van der Waals surface area contributed by atoms with Crippen molar-refractivity contribution in [2.75, 3.05) is 13.2 Å². The maximum atomic E-state index is 9.15. The van der Waals surface area contributed by atoms with Crippen molar-refractivity contribution in [1.29, 1.82) is 0 Å². The van der Waals surface area contributed by atoms with Crippen molar-refractivity contribution in [3.05, 3.63) is 18.0 Å². The lowest BCUT2D eigenvalue weighted by atomic mass is 9.99. The summed E-state index contributed by atoms with van der Waals surface area (Å²) < 4.78 is 7.47. The number of aliphatic hydroxyl groups is 1. The number of aliphatic hydroxyl groups excluding tert-OH is 1. The second-order valence-corrected chi connectivity index (χ2v) is 3.65. The highest BCUT2D eigenvalue weighted by molar-refractivity contribution is 5.11. The van der Waals surface area contributed by atoms with Gasteiger partial charge in [0, 0.05) is 37.4 Å². The Bertz CT molecular complexity index is 298. The molecule has 0 amide bonds. The van der Waals surface area contributed by atoms with Crippen molar-refractivity contribution in [2.45, 2.75) is 26.0 Å². The van der Waals surface area contributed by atoms with Crippen LogP contribution in [-0.4, -0.2) is 28.1 Å². The van der Waals surface area contributed by atoms with Crippen LogP contribution in [0.2, 0.25) is 0 Å². The molecule has 2 atom stereocenters. The second-order valence-electron chi connectivity index (χ2n) is 3.65. The quantitative estimate of drug-likeness (QED) is 0.783. The van der Waals surface area contributed by atoms with Crippen LogP contribution < -0.4 is 0 Å². The van der Waals surface area contributed by atoms with Crippen LogP contribution in [0.4, 0.5) is 0 Å². The molecule has 1 aromatic heterocycles. The number of rotatable bonds is 3. The first-order chi connectivity index (χ1) is 6.85. The van der Waals surface area contributed by atoms with Crippen molar-refractivity contribution in [2.24, 2.45) is 5.92 Å². The fraction of sp³-hybridized carbons (Fsp3) is 0.700. The molecule has 2 unspecified atom stereocenters. The number of nitrogens with zero attached hydrogens (tertiary/aromatic N) is 2. The van der Waals surface area contributed by atoms with E-state index in [1.807, 2.05) is 17.1 Å². The van der Waals surface area contributed by atoms with Crippen molar-refractivity contribution < 1.29 is 9.84 Å². The second kappa shape index (κ2) is 4.11. The molecule has 4 heteroatoms. The van der Waals surface area contributed by atoms with Gasteiger partial charge in [-0.15, -0.1) is 0 Å². The first-order valence-electron chi connectivity index (χ1n) is 5.10. The standard InChI is InChI=1S/C10H16N2O2/c1-2-12-6-9(5-11-12)10-8(7-13)3-4-14-10/h5-6,8,10,13H,2-4,7H2,1H3. The summed E-state index contributed by atoms with van der Waals surface area (Å²) in [5.41, 5.74) is 1.09. The van der Waals surface area contributed by atoms with Crippen molar-refractivity contribution >= 4 is 0 Å². The fourth-order valence-electron chi connectivity index (χ4n) is 1.89. The maximum Gasteiger partial charge on any atom is 0.0906 e. The molecule has 0 aromatic carbocycles. The third-order valence-corrected chi connectivity index (χ3v) is 2.75. The summed E-state index contributed by atoms with van der Waals surface area (Å²) in [7, 11) is 0. The van der Waals surface area contributed by atoms with Crippen molar-refractivity contribution in [1.82, 2.24) is 9.78 Å². The predicted octanol–water partition coefficient (Wildman–Crippen LogP) is 0.973. The molecule has 1 fully saturated rings. The minimum Gasteiger partial charge on any atom is -0.396 e. The van der Waals surface area contributed by atoms with Gasteiger partial charge in [-0.1, -0.05) is 0 Å². The molecule has 0 bridgehead atoms. The van der Waals surface area contributed by atoms with Crippen LogP contribution >= 0.6 is 0 Å². The van der Waals surface area contributed by atoms with E-state index in [2.05, 4.69) is 12.0 Å². The molecule has 1 aliphatic heterocycles. The van der Waals surface area contributed by atoms with E-state index in [1.165, 1.54) is 0 Å². The summed E-state index contributed by atoms with van der Waals surface area (Å²) in [4.78, 5) is 0. The normalized spacial score (nSPS) is 27.0. The molecule has 4 nitrogen and oxygen atoms in total. The van der Waals surface area contributed by atoms with Gasteiger partial charge in [0.25, 0.3) is 0 Å². The first kappa shape index (κ1) is 9.68. The lowest BCUT2D eigenvalue weighted by Crippen LogP contribution is -2.10. The van der Waals surface area contributed by atoms with Gasteiger partial charge in [-0.25, -0.2) is 0 Å². The van der Waals surface area contributed by atoms with Gasteiger partial charge >= 0.3 is 0 Å². The van der Waals surface area contributed by atoms with E-state index < -0.39 is 0 Å². The third kappa shape index (κ3) is 1.67. The zero-order valence-corrected chi connectivity index (χ0v) is 8.39. The molecule has 0 radical (unpaired) electrons. The Morgan fingerprint density at radius 3 is 3.21 bits per heavy atom. The Morgan fingerprint density at radius 1 is 1.71 bits per heavy atom. The Morgan fingerprint density at radius 2 is 2.57 bits per heavy atom. The van der Waals surface area contributed by atoms with Crippen LogP contribution in [0.5, 0.6) is 0 Å². The fourth-order valence-corrected chi connectivity index (χ4v) is 1.89. The molecule has 1 N–H and O–H groups in total. The van der Waals surface area contributed by atoms with Gasteiger partial charge in [0.15, 0.2) is 0 Å². The smallest absolute Gasteiger partial charge is 0.0906 e. The maximum absolute atomic E-state index is 9.15. The van der Waals surface area contributed by atoms with E-state index in [4.69, 9.17) is 9.84 Å². The van der Waals surface area contributed by atoms with E-state index in [0.29, 0.717) is 0 Å². The zero-order valence-electron chi connectivity index (χ0n) is 8.39. The lowest BCUT2D eigenvalue weighted by Gasteiger charge is -2.13. The summed E-state index contributed by atoms with van der Waals surface area (Å²) in [6.45, 7) is 3.86. The lowest BCUT2D eigenvalue weighted by molar-refractivity contribution is 0.0720. The molecule has 0 aliphatic carbocycles. The monoisotopic (exact) mass is 196 g/mol. The summed E-state index contributed by atoms with van der Waals surface area (Å²) in [5.74, 6) is 0.240. The highest BCUT2D eigenvalue weighted by Crippen LogP contribution is 2.33. The van der Waals surface area contributed by atoms with E-state index in [9.17, 15) is 0 Å². The molecule has 2 rings (SSSR count). The average molecular weight is 196 g/mol. The number of hydrogen-bond donors (Lipinski definition) is 1. The Labute approximate surface area is 83.5 Å². The molecule has 2 heterocycles. The predicted molar refractivity (Wildman–Crippen MR) is 51.8 cm³/mol. The summed E-state index contributed by atoms with van der Waals surface area (Å²) in [6.07, 6.45) is 4.82. The van der Waals surface area contributed by atoms with Gasteiger partial charge in [-0.2, -0.15) is 5.10 Å². The molecule has 1 saturated heterocycles. The van der Waals surface area contributed by atoms with Crippen LogP contribution in [0, 0.1) is 5.92 Å². The molecule has 78 valence electrons. The van der Waals surface area contributed by atoms with Crippen LogP contribution in [0.25, 0.3) is 0 Å². The largest absolute Gasteiger partial charge is 0.396 e. The van der Waals surface area contributed by atoms with Crippen molar-refractivity contribution in [3.8, 4) is 0 Å². The van der Waals surface area contributed by atoms with Crippen LogP contribution in [0.3, 0.4) is 0 Å². The molecule has 1 aromatic rings. The summed E-state index contributed by atoms with van der Waals surface area (Å²) >= 11 is 0. The summed E-state index contributed by atoms with van der Waals surface area (Å²) in [6, 6.07) is 0.